The highest BCUT2D eigenvalue weighted by Gasteiger charge is 2.16. The Balaban J connectivity index is 1.51. The van der Waals surface area contributed by atoms with Crippen LogP contribution in [-0.2, 0) is 4.79 Å². The van der Waals surface area contributed by atoms with Gasteiger partial charge >= 0.3 is 0 Å². The number of carbonyl (C=O) groups excluding carboxylic acids is 1. The number of hydrogen-bond donors (Lipinski definition) is 1. The van der Waals surface area contributed by atoms with Gasteiger partial charge in [0.1, 0.15) is 10.8 Å². The predicted octanol–water partition coefficient (Wildman–Crippen LogP) is 5.34. The van der Waals surface area contributed by atoms with Crippen LogP contribution >= 0.6 is 23.1 Å². The van der Waals surface area contributed by atoms with Crippen molar-refractivity contribution in [3.05, 3.63) is 71.6 Å². The number of methoxy groups -OCH3 is 1. The average Bonchev–Trinajstić information content (AvgIpc) is 3.32. The minimum atomic E-state index is -0.155. The maximum absolute atomic E-state index is 12.6. The van der Waals surface area contributed by atoms with Gasteiger partial charge in [-0.25, -0.2) is 9.97 Å². The maximum atomic E-state index is 12.6. The van der Waals surface area contributed by atoms with E-state index in [1.165, 1.54) is 11.8 Å². The van der Waals surface area contributed by atoms with Crippen LogP contribution in [0.25, 0.3) is 21.6 Å². The van der Waals surface area contributed by atoms with Crippen molar-refractivity contribution in [2.45, 2.75) is 18.0 Å². The normalized spacial score (nSPS) is 11.9. The number of rotatable bonds is 7. The molecule has 30 heavy (non-hydrogen) atoms. The molecule has 1 atom stereocenters. The number of benzene rings is 2. The van der Waals surface area contributed by atoms with Gasteiger partial charge < -0.3 is 10.1 Å². The average molecular weight is 436 g/mol. The van der Waals surface area contributed by atoms with Crippen molar-refractivity contribution in [3.63, 3.8) is 0 Å². The highest BCUT2D eigenvalue weighted by molar-refractivity contribution is 8.00. The zero-order valence-electron chi connectivity index (χ0n) is 16.7. The van der Waals surface area contributed by atoms with E-state index in [1.807, 2.05) is 73.0 Å². The summed E-state index contributed by atoms with van der Waals surface area (Å²) in [6, 6.07) is 19.4. The molecule has 0 bridgehead atoms. The molecule has 1 amide bonds. The van der Waals surface area contributed by atoms with Crippen LogP contribution in [0.3, 0.4) is 0 Å². The fourth-order valence-corrected chi connectivity index (χ4v) is 4.68. The lowest BCUT2D eigenvalue weighted by Crippen LogP contribution is -2.28. The van der Waals surface area contributed by atoms with Gasteiger partial charge in [0, 0.05) is 10.9 Å². The number of nitrogens with zero attached hydrogens (tertiary/aromatic N) is 2. The van der Waals surface area contributed by atoms with Crippen molar-refractivity contribution in [2.75, 3.05) is 12.9 Å². The molecule has 0 aliphatic heterocycles. The maximum Gasteiger partial charge on any atom is 0.230 e. The van der Waals surface area contributed by atoms with Crippen molar-refractivity contribution in [1.29, 1.82) is 0 Å². The Morgan fingerprint density at radius 3 is 2.70 bits per heavy atom. The van der Waals surface area contributed by atoms with Crippen LogP contribution < -0.4 is 10.1 Å². The Kier molecular flexibility index (Phi) is 6.30. The molecule has 0 saturated heterocycles. The van der Waals surface area contributed by atoms with Crippen LogP contribution in [0.4, 0.5) is 0 Å². The number of fused-ring (bicyclic) bond motifs is 1. The van der Waals surface area contributed by atoms with Crippen LogP contribution in [0.1, 0.15) is 18.5 Å². The smallest absolute Gasteiger partial charge is 0.230 e. The second kappa shape index (κ2) is 9.28. The first-order valence-corrected chi connectivity index (χ1v) is 11.4. The molecule has 7 heteroatoms. The van der Waals surface area contributed by atoms with Crippen molar-refractivity contribution in [2.24, 2.45) is 0 Å². The Morgan fingerprint density at radius 2 is 1.90 bits per heavy atom. The highest BCUT2D eigenvalue weighted by atomic mass is 32.2. The van der Waals surface area contributed by atoms with Crippen molar-refractivity contribution < 1.29 is 9.53 Å². The number of thioether (sulfide) groups is 1. The molecule has 5 nitrogen and oxygen atoms in total. The molecule has 1 unspecified atom stereocenters. The lowest BCUT2D eigenvalue weighted by Gasteiger charge is -2.17. The fourth-order valence-electron chi connectivity index (χ4n) is 3.19. The number of para-hydroxylation sites is 2. The number of nitrogens with one attached hydrogen (secondary N) is 1. The number of amides is 1. The number of ether oxygens (including phenoxy) is 1. The molecule has 4 rings (SSSR count). The van der Waals surface area contributed by atoms with Gasteiger partial charge in [-0.05, 0) is 30.5 Å². The first-order chi connectivity index (χ1) is 14.7. The van der Waals surface area contributed by atoms with E-state index in [2.05, 4.69) is 10.3 Å². The van der Waals surface area contributed by atoms with Gasteiger partial charge in [-0.1, -0.05) is 54.2 Å². The fraction of sp³-hybridized carbons (Fsp3) is 0.174. The summed E-state index contributed by atoms with van der Waals surface area (Å²) in [6.45, 7) is 1.95. The van der Waals surface area contributed by atoms with Gasteiger partial charge in [-0.3, -0.25) is 4.79 Å². The van der Waals surface area contributed by atoms with E-state index >= 15 is 0 Å². The Labute approximate surface area is 183 Å². The molecule has 0 spiro atoms. The zero-order chi connectivity index (χ0) is 20.9. The van der Waals surface area contributed by atoms with E-state index in [0.717, 1.165) is 32.1 Å². The van der Waals surface area contributed by atoms with Crippen molar-refractivity contribution in [1.82, 2.24) is 15.3 Å². The van der Waals surface area contributed by atoms with Crippen LogP contribution in [0.5, 0.6) is 5.75 Å². The molecule has 0 aliphatic carbocycles. The van der Waals surface area contributed by atoms with Gasteiger partial charge in [0.05, 0.1) is 29.3 Å². The molecule has 0 fully saturated rings. The summed E-state index contributed by atoms with van der Waals surface area (Å²) in [6.07, 6.45) is 0. The molecular formula is C23H21N3O2S2. The standard InChI is InChI=1S/C23H21N3O2S2/c1-15(16-8-4-6-11-19(16)28-2)24-21(27)14-30-23-17-9-3-5-10-18(17)25-22(26-23)20-12-7-13-29-20/h3-13,15H,14H2,1-2H3,(H,24,27). The highest BCUT2D eigenvalue weighted by Crippen LogP contribution is 2.30. The van der Waals surface area contributed by atoms with Crippen LogP contribution in [-0.4, -0.2) is 28.7 Å². The Morgan fingerprint density at radius 1 is 1.10 bits per heavy atom. The summed E-state index contributed by atoms with van der Waals surface area (Å²) in [7, 11) is 1.63. The summed E-state index contributed by atoms with van der Waals surface area (Å²) in [5.41, 5.74) is 1.83. The summed E-state index contributed by atoms with van der Waals surface area (Å²) in [5.74, 6) is 1.66. The summed E-state index contributed by atoms with van der Waals surface area (Å²) in [5, 5.41) is 6.82. The lowest BCUT2D eigenvalue weighted by molar-refractivity contribution is -0.119. The van der Waals surface area contributed by atoms with E-state index in [-0.39, 0.29) is 17.7 Å². The molecule has 0 saturated carbocycles. The van der Waals surface area contributed by atoms with Crippen molar-refractivity contribution >= 4 is 39.9 Å². The Bertz CT molecular complexity index is 1160. The molecule has 1 N–H and O–H groups in total. The molecule has 0 radical (unpaired) electrons. The molecule has 152 valence electrons. The first kappa shape index (κ1) is 20.4. The van der Waals surface area contributed by atoms with Gasteiger partial charge in [-0.2, -0.15) is 0 Å². The third-order valence-electron chi connectivity index (χ3n) is 4.63. The molecular weight excluding hydrogens is 414 g/mol. The van der Waals surface area contributed by atoms with Crippen LogP contribution in [0, 0.1) is 0 Å². The second-order valence-electron chi connectivity index (χ2n) is 6.67. The summed E-state index contributed by atoms with van der Waals surface area (Å²) in [4.78, 5) is 23.1. The minimum absolute atomic E-state index is 0.0567. The summed E-state index contributed by atoms with van der Waals surface area (Å²) < 4.78 is 5.40. The largest absolute Gasteiger partial charge is 0.496 e. The van der Waals surface area contributed by atoms with Gasteiger partial charge in [0.2, 0.25) is 5.91 Å². The SMILES string of the molecule is COc1ccccc1C(C)NC(=O)CSc1nc(-c2cccs2)nc2ccccc12. The van der Waals surface area contributed by atoms with E-state index in [1.54, 1.807) is 18.4 Å². The number of hydrogen-bond acceptors (Lipinski definition) is 6. The lowest BCUT2D eigenvalue weighted by atomic mass is 10.1. The van der Waals surface area contributed by atoms with Gasteiger partial charge in [-0.15, -0.1) is 11.3 Å². The minimum Gasteiger partial charge on any atom is -0.496 e. The molecule has 0 aliphatic rings. The van der Waals surface area contributed by atoms with Gasteiger partial charge in [0.15, 0.2) is 5.82 Å². The third kappa shape index (κ3) is 4.47. The molecule has 2 aromatic heterocycles. The number of thiophene rings is 1. The van der Waals surface area contributed by atoms with Crippen LogP contribution in [0.15, 0.2) is 71.1 Å². The summed E-state index contributed by atoms with van der Waals surface area (Å²) >= 11 is 3.03. The second-order valence-corrected chi connectivity index (χ2v) is 8.58. The van der Waals surface area contributed by atoms with E-state index < -0.39 is 0 Å². The van der Waals surface area contributed by atoms with Crippen LogP contribution in [0.2, 0.25) is 0 Å². The third-order valence-corrected chi connectivity index (χ3v) is 6.49. The quantitative estimate of drug-likeness (QED) is 0.314. The first-order valence-electron chi connectivity index (χ1n) is 9.51. The molecule has 2 aromatic carbocycles. The van der Waals surface area contributed by atoms with E-state index in [4.69, 9.17) is 9.72 Å². The predicted molar refractivity (Wildman–Crippen MR) is 123 cm³/mol. The Hall–Kier alpha value is -2.90. The van der Waals surface area contributed by atoms with E-state index in [0.29, 0.717) is 5.82 Å². The van der Waals surface area contributed by atoms with Gasteiger partial charge in [0.25, 0.3) is 0 Å². The van der Waals surface area contributed by atoms with E-state index in [9.17, 15) is 4.79 Å². The number of aromatic nitrogens is 2. The monoisotopic (exact) mass is 435 g/mol. The van der Waals surface area contributed by atoms with Crippen molar-refractivity contribution in [3.8, 4) is 16.5 Å². The number of carbonyl (C=O) groups is 1. The topological polar surface area (TPSA) is 64.1 Å². The molecule has 2 heterocycles. The zero-order valence-corrected chi connectivity index (χ0v) is 18.3. The molecule has 4 aromatic rings.